The minimum Gasteiger partial charge on any atom is -0.456 e. The molecule has 0 spiro atoms. The highest BCUT2D eigenvalue weighted by molar-refractivity contribution is 9.10. The van der Waals surface area contributed by atoms with Crippen molar-refractivity contribution in [2.45, 2.75) is 13.8 Å². The molecular formula is C16H12BrNO2. The molecule has 100 valence electrons. The van der Waals surface area contributed by atoms with Gasteiger partial charge in [-0.2, -0.15) is 5.26 Å². The summed E-state index contributed by atoms with van der Waals surface area (Å²) in [7, 11) is 0. The normalized spacial score (nSPS) is 9.90. The molecule has 4 heteroatoms. The summed E-state index contributed by atoms with van der Waals surface area (Å²) in [6, 6.07) is 10.9. The van der Waals surface area contributed by atoms with Crippen molar-refractivity contribution in [3.8, 4) is 17.6 Å². The molecule has 0 bridgehead atoms. The molecule has 0 atom stereocenters. The van der Waals surface area contributed by atoms with Gasteiger partial charge < -0.3 is 4.74 Å². The van der Waals surface area contributed by atoms with E-state index in [1.165, 1.54) is 0 Å². The summed E-state index contributed by atoms with van der Waals surface area (Å²) in [5.74, 6) is 1.17. The third-order valence-corrected chi connectivity index (χ3v) is 3.39. The Labute approximate surface area is 125 Å². The van der Waals surface area contributed by atoms with Crippen LogP contribution >= 0.6 is 15.9 Å². The summed E-state index contributed by atoms with van der Waals surface area (Å²) in [4.78, 5) is 11.1. The second-order valence-corrected chi connectivity index (χ2v) is 5.37. The fourth-order valence-corrected chi connectivity index (χ4v) is 2.37. The van der Waals surface area contributed by atoms with Crippen LogP contribution in [0.4, 0.5) is 0 Å². The number of hydrogen-bond acceptors (Lipinski definition) is 3. The first-order chi connectivity index (χ1) is 9.55. The third-order valence-electron chi connectivity index (χ3n) is 2.90. The SMILES string of the molecule is Cc1cc(C#N)cc(C)c1Oc1ccc(Br)cc1C=O. The Balaban J connectivity index is 2.46. The van der Waals surface area contributed by atoms with Crippen molar-refractivity contribution in [2.75, 3.05) is 0 Å². The first-order valence-corrected chi connectivity index (χ1v) is 6.78. The first kappa shape index (κ1) is 14.3. The topological polar surface area (TPSA) is 50.1 Å². The number of carbonyl (C=O) groups excluding carboxylic acids is 1. The molecule has 0 radical (unpaired) electrons. The zero-order valence-corrected chi connectivity index (χ0v) is 12.7. The van der Waals surface area contributed by atoms with Gasteiger partial charge in [-0.25, -0.2) is 0 Å². The van der Waals surface area contributed by atoms with Crippen molar-refractivity contribution in [1.82, 2.24) is 0 Å². The summed E-state index contributed by atoms with van der Waals surface area (Å²) in [6.07, 6.45) is 0.758. The lowest BCUT2D eigenvalue weighted by atomic mass is 10.1. The summed E-state index contributed by atoms with van der Waals surface area (Å²) < 4.78 is 6.67. The summed E-state index contributed by atoms with van der Waals surface area (Å²) >= 11 is 3.32. The van der Waals surface area contributed by atoms with E-state index in [1.54, 1.807) is 24.3 Å². The lowest BCUT2D eigenvalue weighted by molar-refractivity contribution is 0.112. The van der Waals surface area contributed by atoms with Gasteiger partial charge in [-0.15, -0.1) is 0 Å². The van der Waals surface area contributed by atoms with E-state index < -0.39 is 0 Å². The maximum atomic E-state index is 11.1. The van der Waals surface area contributed by atoms with E-state index >= 15 is 0 Å². The molecule has 3 nitrogen and oxygen atoms in total. The van der Waals surface area contributed by atoms with Crippen LogP contribution in [0.3, 0.4) is 0 Å². The van der Waals surface area contributed by atoms with Gasteiger partial charge in [-0.3, -0.25) is 4.79 Å². The Kier molecular flexibility index (Phi) is 4.21. The third kappa shape index (κ3) is 2.89. The Morgan fingerprint density at radius 1 is 1.20 bits per heavy atom. The first-order valence-electron chi connectivity index (χ1n) is 5.99. The zero-order chi connectivity index (χ0) is 14.7. The number of nitriles is 1. The predicted octanol–water partition coefficient (Wildman–Crippen LogP) is 4.54. The highest BCUT2D eigenvalue weighted by atomic mass is 79.9. The Morgan fingerprint density at radius 3 is 2.40 bits per heavy atom. The van der Waals surface area contributed by atoms with E-state index in [2.05, 4.69) is 22.0 Å². The van der Waals surface area contributed by atoms with Crippen molar-refractivity contribution >= 4 is 22.2 Å². The molecule has 0 saturated heterocycles. The van der Waals surface area contributed by atoms with E-state index in [0.717, 1.165) is 21.9 Å². The molecule has 2 aromatic rings. The Hall–Kier alpha value is -2.12. The molecule has 0 fully saturated rings. The second-order valence-electron chi connectivity index (χ2n) is 4.45. The van der Waals surface area contributed by atoms with Gasteiger partial charge in [-0.1, -0.05) is 15.9 Å². The van der Waals surface area contributed by atoms with Gasteiger partial charge in [0.2, 0.25) is 0 Å². The zero-order valence-electron chi connectivity index (χ0n) is 11.1. The molecule has 0 N–H and O–H groups in total. The van der Waals surface area contributed by atoms with Crippen LogP contribution in [0.5, 0.6) is 11.5 Å². The number of nitrogens with zero attached hydrogens (tertiary/aromatic N) is 1. The molecule has 20 heavy (non-hydrogen) atoms. The standard InChI is InChI=1S/C16H12BrNO2/c1-10-5-12(8-18)6-11(2)16(10)20-15-4-3-14(17)7-13(15)9-19/h3-7,9H,1-2H3. The molecule has 2 rings (SSSR count). The highest BCUT2D eigenvalue weighted by Crippen LogP contribution is 2.32. The van der Waals surface area contributed by atoms with Crippen LogP contribution in [-0.4, -0.2) is 6.29 Å². The number of ether oxygens (including phenoxy) is 1. The maximum Gasteiger partial charge on any atom is 0.153 e. The number of aldehydes is 1. The van der Waals surface area contributed by atoms with Crippen molar-refractivity contribution < 1.29 is 9.53 Å². The largest absolute Gasteiger partial charge is 0.456 e. The molecule has 0 unspecified atom stereocenters. The number of aryl methyl sites for hydroxylation is 2. The van der Waals surface area contributed by atoms with Crippen LogP contribution in [0.1, 0.15) is 27.0 Å². The monoisotopic (exact) mass is 329 g/mol. The van der Waals surface area contributed by atoms with Gasteiger partial charge in [-0.05, 0) is 55.3 Å². The number of halogens is 1. The smallest absolute Gasteiger partial charge is 0.153 e. The van der Waals surface area contributed by atoms with Gasteiger partial charge in [0.05, 0.1) is 17.2 Å². The van der Waals surface area contributed by atoms with Crippen LogP contribution in [0.25, 0.3) is 0 Å². The van der Waals surface area contributed by atoms with Crippen molar-refractivity contribution in [3.05, 3.63) is 57.1 Å². The molecule has 0 saturated carbocycles. The lowest BCUT2D eigenvalue weighted by Gasteiger charge is -2.13. The summed E-state index contributed by atoms with van der Waals surface area (Å²) in [6.45, 7) is 3.76. The maximum absolute atomic E-state index is 11.1. The Bertz CT molecular complexity index is 694. The van der Waals surface area contributed by atoms with Crippen LogP contribution in [-0.2, 0) is 0 Å². The quantitative estimate of drug-likeness (QED) is 0.776. The molecule has 0 aliphatic heterocycles. The lowest BCUT2D eigenvalue weighted by Crippen LogP contribution is -1.95. The molecule has 0 aliphatic carbocycles. The average Bonchev–Trinajstić information content (AvgIpc) is 2.43. The molecule has 2 aromatic carbocycles. The van der Waals surface area contributed by atoms with Gasteiger partial charge in [0.15, 0.2) is 6.29 Å². The van der Waals surface area contributed by atoms with E-state index in [0.29, 0.717) is 22.6 Å². The number of benzene rings is 2. The fourth-order valence-electron chi connectivity index (χ4n) is 1.99. The van der Waals surface area contributed by atoms with Crippen LogP contribution in [0.15, 0.2) is 34.8 Å². The van der Waals surface area contributed by atoms with Crippen molar-refractivity contribution in [3.63, 3.8) is 0 Å². The van der Waals surface area contributed by atoms with E-state index in [4.69, 9.17) is 10.00 Å². The number of rotatable bonds is 3. The van der Waals surface area contributed by atoms with E-state index in [1.807, 2.05) is 19.9 Å². The van der Waals surface area contributed by atoms with Gasteiger partial charge in [0, 0.05) is 4.47 Å². The molecule has 0 aliphatic rings. The molecular weight excluding hydrogens is 318 g/mol. The minimum absolute atomic E-state index is 0.475. The van der Waals surface area contributed by atoms with Gasteiger partial charge in [0.25, 0.3) is 0 Å². The summed E-state index contributed by atoms with van der Waals surface area (Å²) in [5, 5.41) is 8.94. The van der Waals surface area contributed by atoms with Crippen molar-refractivity contribution in [2.24, 2.45) is 0 Å². The minimum atomic E-state index is 0.475. The Morgan fingerprint density at radius 2 is 1.85 bits per heavy atom. The van der Waals surface area contributed by atoms with E-state index in [-0.39, 0.29) is 0 Å². The number of hydrogen-bond donors (Lipinski definition) is 0. The fraction of sp³-hybridized carbons (Fsp3) is 0.125. The van der Waals surface area contributed by atoms with Gasteiger partial charge >= 0.3 is 0 Å². The summed E-state index contributed by atoms with van der Waals surface area (Å²) in [5.41, 5.74) is 2.80. The van der Waals surface area contributed by atoms with Gasteiger partial charge in [0.1, 0.15) is 11.5 Å². The average molecular weight is 330 g/mol. The second kappa shape index (κ2) is 5.89. The van der Waals surface area contributed by atoms with E-state index in [9.17, 15) is 4.79 Å². The highest BCUT2D eigenvalue weighted by Gasteiger charge is 2.10. The molecule has 0 aromatic heterocycles. The molecule has 0 heterocycles. The van der Waals surface area contributed by atoms with Crippen molar-refractivity contribution in [1.29, 1.82) is 5.26 Å². The van der Waals surface area contributed by atoms with Crippen LogP contribution in [0, 0.1) is 25.2 Å². The van der Waals surface area contributed by atoms with Crippen LogP contribution in [0.2, 0.25) is 0 Å². The molecule has 0 amide bonds. The van der Waals surface area contributed by atoms with Crippen LogP contribution < -0.4 is 4.74 Å². The predicted molar refractivity (Wildman–Crippen MR) is 80.2 cm³/mol. The number of carbonyl (C=O) groups is 1.